The fourth-order valence-corrected chi connectivity index (χ4v) is 3.83. The van der Waals surface area contributed by atoms with Crippen LogP contribution in [0.2, 0.25) is 0 Å². The summed E-state index contributed by atoms with van der Waals surface area (Å²) in [5.41, 5.74) is 3.88. The Morgan fingerprint density at radius 1 is 0.480 bits per heavy atom. The quantitative estimate of drug-likeness (QED) is 0.289. The van der Waals surface area contributed by atoms with Gasteiger partial charge in [-0.25, -0.2) is 0 Å². The Labute approximate surface area is 147 Å². The van der Waals surface area contributed by atoms with Crippen LogP contribution in [-0.2, 0) is 0 Å². The first-order chi connectivity index (χ1) is 12.3. The van der Waals surface area contributed by atoms with E-state index in [9.17, 15) is 0 Å². The van der Waals surface area contributed by atoms with Gasteiger partial charge in [0, 0.05) is 0 Å². The van der Waals surface area contributed by atoms with Crippen LogP contribution in [0.4, 0.5) is 0 Å². The van der Waals surface area contributed by atoms with Gasteiger partial charge in [0.05, 0.1) is 0 Å². The fourth-order valence-electron chi connectivity index (χ4n) is 3.83. The molecule has 0 nitrogen and oxygen atoms in total. The van der Waals surface area contributed by atoms with Crippen molar-refractivity contribution in [3.05, 3.63) is 96.6 Å². The predicted octanol–water partition coefficient (Wildman–Crippen LogP) is 7.12. The Kier molecular flexibility index (Phi) is 3.11. The summed E-state index contributed by atoms with van der Waals surface area (Å²) in [6, 6.07) is 33.1. The zero-order valence-corrected chi connectivity index (χ0v) is 14.2. The second-order valence-corrected chi connectivity index (χ2v) is 6.76. The van der Waals surface area contributed by atoms with Crippen LogP contribution in [0.5, 0.6) is 0 Å². The Morgan fingerprint density at radius 3 is 2.04 bits per heavy atom. The molecule has 0 radical (unpaired) electrons. The van der Waals surface area contributed by atoms with Gasteiger partial charge in [0.25, 0.3) is 0 Å². The van der Waals surface area contributed by atoms with Gasteiger partial charge in [-0.05, 0) is 62.5 Å². The number of aryl methyl sites for hydroxylation is 1. The molecule has 0 heteroatoms. The molecule has 0 fully saturated rings. The summed E-state index contributed by atoms with van der Waals surface area (Å²) in [6.45, 7) is 2.14. The third kappa shape index (κ3) is 2.30. The average Bonchev–Trinajstić information content (AvgIpc) is 2.67. The largest absolute Gasteiger partial charge is 0.0616 e. The molecule has 0 heterocycles. The summed E-state index contributed by atoms with van der Waals surface area (Å²) in [4.78, 5) is 0. The molecule has 25 heavy (non-hydrogen) atoms. The fraction of sp³-hybridized carbons (Fsp3) is 0.0400. The highest BCUT2D eigenvalue weighted by atomic mass is 14.1. The number of hydrogen-bond donors (Lipinski definition) is 0. The molecule has 0 bridgehead atoms. The molecule has 0 atom stereocenters. The van der Waals surface area contributed by atoms with Crippen LogP contribution in [0.3, 0.4) is 0 Å². The number of hydrogen-bond acceptors (Lipinski definition) is 0. The second kappa shape index (κ2) is 5.46. The number of benzene rings is 5. The molecular formula is C25H18. The van der Waals surface area contributed by atoms with E-state index >= 15 is 0 Å². The minimum Gasteiger partial charge on any atom is -0.0616 e. The molecule has 0 N–H and O–H groups in total. The lowest BCUT2D eigenvalue weighted by atomic mass is 9.92. The summed E-state index contributed by atoms with van der Waals surface area (Å²) in [5.74, 6) is 0. The highest BCUT2D eigenvalue weighted by Gasteiger charge is 2.08. The lowest BCUT2D eigenvalue weighted by molar-refractivity contribution is 1.51. The minimum absolute atomic E-state index is 1.28. The zero-order chi connectivity index (χ0) is 16.8. The Balaban J connectivity index is 1.86. The van der Waals surface area contributed by atoms with Gasteiger partial charge in [-0.3, -0.25) is 0 Å². The van der Waals surface area contributed by atoms with Crippen LogP contribution in [0.1, 0.15) is 5.56 Å². The molecule has 0 aliphatic heterocycles. The zero-order valence-electron chi connectivity index (χ0n) is 14.2. The standard InChI is InChI=1S/C25H18/c1-17-10-11-19-15-21(13-12-18(19)14-17)25-16-20-6-2-3-7-22(20)23-8-4-5-9-24(23)25/h2-16H,1H3. The van der Waals surface area contributed by atoms with Gasteiger partial charge < -0.3 is 0 Å². The average molecular weight is 318 g/mol. The first-order valence-electron chi connectivity index (χ1n) is 8.71. The van der Waals surface area contributed by atoms with Crippen molar-refractivity contribution in [2.45, 2.75) is 6.92 Å². The van der Waals surface area contributed by atoms with Crippen molar-refractivity contribution in [2.75, 3.05) is 0 Å². The lowest BCUT2D eigenvalue weighted by Gasteiger charge is -2.12. The first kappa shape index (κ1) is 14.2. The molecular weight excluding hydrogens is 300 g/mol. The Bertz CT molecular complexity index is 1250. The van der Waals surface area contributed by atoms with Gasteiger partial charge in [-0.15, -0.1) is 0 Å². The van der Waals surface area contributed by atoms with Crippen molar-refractivity contribution in [3.63, 3.8) is 0 Å². The molecule has 5 aromatic carbocycles. The maximum Gasteiger partial charge on any atom is -0.00988 e. The first-order valence-corrected chi connectivity index (χ1v) is 8.71. The maximum atomic E-state index is 2.33. The summed E-state index contributed by atoms with van der Waals surface area (Å²) >= 11 is 0. The van der Waals surface area contributed by atoms with Crippen LogP contribution < -0.4 is 0 Å². The van der Waals surface area contributed by atoms with E-state index < -0.39 is 0 Å². The predicted molar refractivity (Wildman–Crippen MR) is 109 cm³/mol. The SMILES string of the molecule is Cc1ccc2cc(-c3cc4ccccc4c4ccccc34)ccc2c1. The summed E-state index contributed by atoms with van der Waals surface area (Å²) in [6.07, 6.45) is 0. The molecule has 0 amide bonds. The Morgan fingerprint density at radius 2 is 1.16 bits per heavy atom. The van der Waals surface area contributed by atoms with Crippen LogP contribution >= 0.6 is 0 Å². The van der Waals surface area contributed by atoms with Gasteiger partial charge in [-0.2, -0.15) is 0 Å². The van der Waals surface area contributed by atoms with Gasteiger partial charge in [0.15, 0.2) is 0 Å². The molecule has 0 spiro atoms. The van der Waals surface area contributed by atoms with Crippen molar-refractivity contribution in [1.82, 2.24) is 0 Å². The van der Waals surface area contributed by atoms with Crippen LogP contribution in [0, 0.1) is 6.92 Å². The van der Waals surface area contributed by atoms with E-state index in [0.29, 0.717) is 0 Å². The lowest BCUT2D eigenvalue weighted by Crippen LogP contribution is -1.85. The van der Waals surface area contributed by atoms with Crippen LogP contribution in [-0.4, -0.2) is 0 Å². The molecule has 0 unspecified atom stereocenters. The monoisotopic (exact) mass is 318 g/mol. The van der Waals surface area contributed by atoms with Gasteiger partial charge >= 0.3 is 0 Å². The van der Waals surface area contributed by atoms with Crippen molar-refractivity contribution < 1.29 is 0 Å². The van der Waals surface area contributed by atoms with E-state index in [1.165, 1.54) is 49.0 Å². The Hall–Kier alpha value is -3.12. The van der Waals surface area contributed by atoms with Crippen molar-refractivity contribution in [3.8, 4) is 11.1 Å². The van der Waals surface area contributed by atoms with Crippen molar-refractivity contribution in [2.24, 2.45) is 0 Å². The van der Waals surface area contributed by atoms with E-state index in [2.05, 4.69) is 97.9 Å². The molecule has 0 aliphatic carbocycles. The summed E-state index contributed by atoms with van der Waals surface area (Å²) in [5, 5.41) is 7.83. The van der Waals surface area contributed by atoms with Crippen LogP contribution in [0.25, 0.3) is 43.4 Å². The second-order valence-electron chi connectivity index (χ2n) is 6.76. The topological polar surface area (TPSA) is 0 Å². The molecule has 0 saturated carbocycles. The third-order valence-electron chi connectivity index (χ3n) is 5.07. The van der Waals surface area contributed by atoms with Gasteiger partial charge in [0.1, 0.15) is 0 Å². The van der Waals surface area contributed by atoms with E-state index in [0.717, 1.165) is 0 Å². The summed E-state index contributed by atoms with van der Waals surface area (Å²) < 4.78 is 0. The number of rotatable bonds is 1. The highest BCUT2D eigenvalue weighted by Crippen LogP contribution is 2.35. The third-order valence-corrected chi connectivity index (χ3v) is 5.07. The highest BCUT2D eigenvalue weighted by molar-refractivity contribution is 6.14. The maximum absolute atomic E-state index is 2.33. The van der Waals surface area contributed by atoms with E-state index in [-0.39, 0.29) is 0 Å². The molecule has 0 aromatic heterocycles. The van der Waals surface area contributed by atoms with E-state index in [4.69, 9.17) is 0 Å². The molecule has 118 valence electrons. The smallest absolute Gasteiger partial charge is 0.00988 e. The minimum atomic E-state index is 1.28. The van der Waals surface area contributed by atoms with E-state index in [1.54, 1.807) is 0 Å². The molecule has 5 aromatic rings. The summed E-state index contributed by atoms with van der Waals surface area (Å²) in [7, 11) is 0. The normalized spacial score (nSPS) is 11.4. The molecule has 0 saturated heterocycles. The van der Waals surface area contributed by atoms with Gasteiger partial charge in [0.2, 0.25) is 0 Å². The number of fused-ring (bicyclic) bond motifs is 4. The van der Waals surface area contributed by atoms with Crippen molar-refractivity contribution >= 4 is 32.3 Å². The van der Waals surface area contributed by atoms with E-state index in [1.807, 2.05) is 0 Å². The van der Waals surface area contributed by atoms with Gasteiger partial charge in [-0.1, -0.05) is 84.4 Å². The molecule has 5 rings (SSSR count). The molecule has 0 aliphatic rings. The van der Waals surface area contributed by atoms with Crippen LogP contribution in [0.15, 0.2) is 91.0 Å². The van der Waals surface area contributed by atoms with Crippen molar-refractivity contribution in [1.29, 1.82) is 0 Å².